The van der Waals surface area contributed by atoms with Gasteiger partial charge in [0.25, 0.3) is 0 Å². The summed E-state index contributed by atoms with van der Waals surface area (Å²) in [5.41, 5.74) is 1.28. The lowest BCUT2D eigenvalue weighted by Crippen LogP contribution is -2.32. The fourth-order valence-corrected chi connectivity index (χ4v) is 2.74. The predicted octanol–water partition coefficient (Wildman–Crippen LogP) is 0.348. The van der Waals surface area contributed by atoms with Crippen LogP contribution in [-0.4, -0.2) is 44.1 Å². The molecule has 2 aromatic rings. The number of amides is 1. The van der Waals surface area contributed by atoms with Crippen LogP contribution in [0.4, 0.5) is 0 Å². The highest BCUT2D eigenvalue weighted by Gasteiger charge is 2.28. The fourth-order valence-electron chi connectivity index (χ4n) is 2.74. The molecule has 1 N–H and O–H groups in total. The number of hydrogen-bond acceptors (Lipinski definition) is 5. The van der Waals surface area contributed by atoms with E-state index in [1.807, 2.05) is 18.2 Å². The number of hydrogen-bond donors (Lipinski definition) is 1. The molecule has 0 spiro atoms. The van der Waals surface area contributed by atoms with E-state index in [1.165, 1.54) is 10.4 Å². The predicted molar refractivity (Wildman–Crippen MR) is 80.5 cm³/mol. The van der Waals surface area contributed by atoms with Gasteiger partial charge in [-0.2, -0.15) is 4.80 Å². The molecule has 0 saturated carbocycles. The van der Waals surface area contributed by atoms with Crippen LogP contribution in [0.5, 0.6) is 0 Å². The van der Waals surface area contributed by atoms with Crippen LogP contribution in [0.2, 0.25) is 0 Å². The molecule has 7 heteroatoms. The minimum Gasteiger partial charge on any atom is -0.348 e. The zero-order valence-electron chi connectivity index (χ0n) is 12.6. The number of nitrogens with one attached hydrogen (secondary N) is 1. The molecule has 116 valence electrons. The minimum atomic E-state index is 0.0420. The van der Waals surface area contributed by atoms with Crippen LogP contribution < -0.4 is 5.32 Å². The second kappa shape index (κ2) is 6.65. The molecule has 2 heterocycles. The smallest absolute Gasteiger partial charge is 0.224 e. The Balaban J connectivity index is 1.46. The number of benzene rings is 1. The standard InChI is InChI=1S/C15H20N6O/c1-20-18-14(17-19-20)9-16-15(22)13-7-8-21(11-13)10-12-5-3-2-4-6-12/h2-6,13H,7-11H2,1H3,(H,16,22). The lowest BCUT2D eigenvalue weighted by atomic mass is 10.1. The molecule has 0 aliphatic carbocycles. The van der Waals surface area contributed by atoms with Crippen molar-refractivity contribution >= 4 is 5.91 Å². The zero-order chi connectivity index (χ0) is 15.4. The second-order valence-electron chi connectivity index (χ2n) is 5.62. The van der Waals surface area contributed by atoms with Crippen molar-refractivity contribution in [3.63, 3.8) is 0 Å². The number of rotatable bonds is 5. The van der Waals surface area contributed by atoms with Crippen LogP contribution >= 0.6 is 0 Å². The fraction of sp³-hybridized carbons (Fsp3) is 0.467. The third-order valence-electron chi connectivity index (χ3n) is 3.86. The number of aromatic nitrogens is 4. The van der Waals surface area contributed by atoms with Crippen LogP contribution in [0.1, 0.15) is 17.8 Å². The SMILES string of the molecule is Cn1nnc(CNC(=O)C2CCN(Cc3ccccc3)C2)n1. The maximum atomic E-state index is 12.2. The average molecular weight is 300 g/mol. The van der Waals surface area contributed by atoms with Gasteiger partial charge in [0, 0.05) is 13.1 Å². The Morgan fingerprint density at radius 1 is 1.36 bits per heavy atom. The van der Waals surface area contributed by atoms with Crippen molar-refractivity contribution < 1.29 is 4.79 Å². The van der Waals surface area contributed by atoms with Gasteiger partial charge in [0.15, 0.2) is 5.82 Å². The monoisotopic (exact) mass is 300 g/mol. The number of aryl methyl sites for hydroxylation is 1. The quantitative estimate of drug-likeness (QED) is 0.862. The minimum absolute atomic E-state index is 0.0420. The molecule has 1 atom stereocenters. The Morgan fingerprint density at radius 3 is 2.91 bits per heavy atom. The molecule has 1 aromatic heterocycles. The van der Waals surface area contributed by atoms with Crippen molar-refractivity contribution in [1.82, 2.24) is 30.4 Å². The van der Waals surface area contributed by atoms with E-state index in [-0.39, 0.29) is 11.8 Å². The van der Waals surface area contributed by atoms with Gasteiger partial charge in [0.2, 0.25) is 5.91 Å². The van der Waals surface area contributed by atoms with Crippen molar-refractivity contribution in [1.29, 1.82) is 0 Å². The van der Waals surface area contributed by atoms with E-state index in [0.29, 0.717) is 12.4 Å². The van der Waals surface area contributed by atoms with E-state index in [2.05, 4.69) is 37.8 Å². The van der Waals surface area contributed by atoms with E-state index in [9.17, 15) is 4.79 Å². The Labute approximate surface area is 129 Å². The first kappa shape index (κ1) is 14.6. The highest BCUT2D eigenvalue weighted by atomic mass is 16.1. The van der Waals surface area contributed by atoms with Crippen molar-refractivity contribution in [3.8, 4) is 0 Å². The van der Waals surface area contributed by atoms with Gasteiger partial charge < -0.3 is 5.32 Å². The molecule has 0 bridgehead atoms. The van der Waals surface area contributed by atoms with Gasteiger partial charge in [0.05, 0.1) is 19.5 Å². The molecule has 1 aliphatic heterocycles. The topological polar surface area (TPSA) is 75.9 Å². The third kappa shape index (κ3) is 3.67. The van der Waals surface area contributed by atoms with E-state index >= 15 is 0 Å². The van der Waals surface area contributed by atoms with Gasteiger partial charge in [-0.1, -0.05) is 30.3 Å². The summed E-state index contributed by atoms with van der Waals surface area (Å²) in [4.78, 5) is 15.9. The van der Waals surface area contributed by atoms with Crippen LogP contribution in [0, 0.1) is 5.92 Å². The highest BCUT2D eigenvalue weighted by Crippen LogP contribution is 2.18. The van der Waals surface area contributed by atoms with Crippen molar-refractivity contribution in [3.05, 3.63) is 41.7 Å². The number of carbonyl (C=O) groups is 1. The first-order chi connectivity index (χ1) is 10.7. The van der Waals surface area contributed by atoms with E-state index in [4.69, 9.17) is 0 Å². The van der Waals surface area contributed by atoms with Gasteiger partial charge in [-0.25, -0.2) is 0 Å². The Hall–Kier alpha value is -2.28. The van der Waals surface area contributed by atoms with Crippen molar-refractivity contribution in [2.75, 3.05) is 13.1 Å². The van der Waals surface area contributed by atoms with Gasteiger partial charge in [0.1, 0.15) is 0 Å². The number of nitrogens with zero attached hydrogens (tertiary/aromatic N) is 5. The van der Waals surface area contributed by atoms with Crippen LogP contribution in [0.15, 0.2) is 30.3 Å². The molecule has 7 nitrogen and oxygen atoms in total. The number of likely N-dealkylation sites (tertiary alicyclic amines) is 1. The largest absolute Gasteiger partial charge is 0.348 e. The molecule has 22 heavy (non-hydrogen) atoms. The second-order valence-corrected chi connectivity index (χ2v) is 5.62. The molecule has 1 unspecified atom stereocenters. The maximum Gasteiger partial charge on any atom is 0.224 e. The van der Waals surface area contributed by atoms with Crippen molar-refractivity contribution in [2.45, 2.75) is 19.5 Å². The molecule has 0 radical (unpaired) electrons. The van der Waals surface area contributed by atoms with E-state index in [0.717, 1.165) is 26.1 Å². The van der Waals surface area contributed by atoms with E-state index < -0.39 is 0 Å². The molecular weight excluding hydrogens is 280 g/mol. The van der Waals surface area contributed by atoms with Gasteiger partial charge in [-0.15, -0.1) is 10.2 Å². The summed E-state index contributed by atoms with van der Waals surface area (Å²) in [5.74, 6) is 0.651. The summed E-state index contributed by atoms with van der Waals surface area (Å²) < 4.78 is 0. The molecule has 1 aliphatic rings. The molecule has 1 amide bonds. The van der Waals surface area contributed by atoms with Crippen LogP contribution in [-0.2, 0) is 24.9 Å². The van der Waals surface area contributed by atoms with Gasteiger partial charge in [-0.05, 0) is 23.7 Å². The first-order valence-electron chi connectivity index (χ1n) is 7.47. The molecular formula is C15H20N6O. The Kier molecular flexibility index (Phi) is 4.43. The van der Waals surface area contributed by atoms with Crippen LogP contribution in [0.3, 0.4) is 0 Å². The maximum absolute atomic E-state index is 12.2. The number of carbonyl (C=O) groups excluding carboxylic acids is 1. The molecule has 1 saturated heterocycles. The summed E-state index contributed by atoms with van der Waals surface area (Å²) in [6.07, 6.45) is 0.895. The number of tetrazole rings is 1. The lowest BCUT2D eigenvalue weighted by molar-refractivity contribution is -0.124. The zero-order valence-corrected chi connectivity index (χ0v) is 12.6. The summed E-state index contributed by atoms with van der Waals surface area (Å²) in [5, 5.41) is 14.6. The molecule has 3 rings (SSSR count). The van der Waals surface area contributed by atoms with E-state index in [1.54, 1.807) is 7.05 Å². The Morgan fingerprint density at radius 2 is 2.18 bits per heavy atom. The highest BCUT2D eigenvalue weighted by molar-refractivity contribution is 5.79. The van der Waals surface area contributed by atoms with Gasteiger partial charge in [-0.3, -0.25) is 9.69 Å². The molecule has 1 fully saturated rings. The summed E-state index contributed by atoms with van der Waals surface area (Å²) in [6.45, 7) is 2.99. The van der Waals surface area contributed by atoms with Crippen LogP contribution in [0.25, 0.3) is 0 Å². The summed E-state index contributed by atoms with van der Waals surface area (Å²) in [7, 11) is 1.71. The molecule has 1 aromatic carbocycles. The summed E-state index contributed by atoms with van der Waals surface area (Å²) in [6, 6.07) is 10.3. The normalized spacial score (nSPS) is 18.5. The van der Waals surface area contributed by atoms with Crippen molar-refractivity contribution in [2.24, 2.45) is 13.0 Å². The third-order valence-corrected chi connectivity index (χ3v) is 3.86. The first-order valence-corrected chi connectivity index (χ1v) is 7.47. The van der Waals surface area contributed by atoms with Gasteiger partial charge >= 0.3 is 0 Å². The Bertz CT molecular complexity index is 626. The average Bonchev–Trinajstić information content (AvgIpc) is 3.15. The lowest BCUT2D eigenvalue weighted by Gasteiger charge is -2.15. The summed E-state index contributed by atoms with van der Waals surface area (Å²) >= 11 is 0.